The number of hydrogen-bond acceptors (Lipinski definition) is 1. The van der Waals surface area contributed by atoms with Crippen LogP contribution in [0.3, 0.4) is 0 Å². The topological polar surface area (TPSA) is 3.24 Å². The minimum atomic E-state index is 1.10. The molecule has 0 fully saturated rings. The lowest BCUT2D eigenvalue weighted by molar-refractivity contribution is 0.555. The van der Waals surface area contributed by atoms with Gasteiger partial charge in [-0.25, -0.2) is 0 Å². The van der Waals surface area contributed by atoms with E-state index < -0.39 is 0 Å². The number of benzene rings is 2. The maximum atomic E-state index is 2.75. The highest BCUT2D eigenvalue weighted by Crippen LogP contribution is 2.41. The normalized spacial score (nSPS) is 12.1. The molecule has 0 aromatic heterocycles. The molecule has 0 heterocycles. The molecule has 0 spiro atoms. The maximum Gasteiger partial charge on any atom is 0.0408 e. The molecule has 1 aliphatic rings. The van der Waals surface area contributed by atoms with Crippen molar-refractivity contribution in [1.82, 2.24) is 0 Å². The zero-order chi connectivity index (χ0) is 23.8. The van der Waals surface area contributed by atoms with Crippen molar-refractivity contribution in [3.63, 3.8) is 0 Å². The third-order valence-corrected chi connectivity index (χ3v) is 7.73. The van der Waals surface area contributed by atoms with Crippen LogP contribution < -0.4 is 4.90 Å². The van der Waals surface area contributed by atoms with Gasteiger partial charge in [-0.05, 0) is 41.2 Å². The molecular formula is C33H51N. The van der Waals surface area contributed by atoms with Crippen molar-refractivity contribution >= 4 is 5.69 Å². The van der Waals surface area contributed by atoms with Crippen LogP contribution in [0.25, 0.3) is 11.1 Å². The summed E-state index contributed by atoms with van der Waals surface area (Å²) < 4.78 is 0. The van der Waals surface area contributed by atoms with Crippen molar-refractivity contribution in [1.29, 1.82) is 0 Å². The summed E-state index contributed by atoms with van der Waals surface area (Å²) in [6, 6.07) is 16.1. The van der Waals surface area contributed by atoms with Crippen LogP contribution in [0, 0.1) is 0 Å². The monoisotopic (exact) mass is 461 g/mol. The first-order valence-corrected chi connectivity index (χ1v) is 14.8. The molecular weight excluding hydrogens is 410 g/mol. The van der Waals surface area contributed by atoms with Gasteiger partial charge in [0.05, 0.1) is 0 Å². The van der Waals surface area contributed by atoms with Gasteiger partial charge in [0.1, 0.15) is 0 Å². The Labute approximate surface area is 211 Å². The lowest BCUT2D eigenvalue weighted by atomic mass is 10.0. The molecule has 0 unspecified atom stereocenters. The molecule has 0 saturated heterocycles. The van der Waals surface area contributed by atoms with Gasteiger partial charge in [0.15, 0.2) is 0 Å². The Balaban J connectivity index is 1.53. The van der Waals surface area contributed by atoms with Crippen LogP contribution in [0.15, 0.2) is 42.5 Å². The van der Waals surface area contributed by atoms with Gasteiger partial charge in [-0.3, -0.25) is 0 Å². The van der Waals surface area contributed by atoms with E-state index in [0.717, 1.165) is 6.42 Å². The smallest absolute Gasteiger partial charge is 0.0408 e. The summed E-state index contributed by atoms with van der Waals surface area (Å²) in [6.07, 6.45) is 23.4. The van der Waals surface area contributed by atoms with Gasteiger partial charge >= 0.3 is 0 Å². The maximum absolute atomic E-state index is 2.75. The largest absolute Gasteiger partial charge is 0.371 e. The minimum absolute atomic E-state index is 1.10. The first kappa shape index (κ1) is 26.8. The number of nitrogens with zero attached hydrogens (tertiary/aromatic N) is 1. The molecule has 3 rings (SSSR count). The molecule has 0 radical (unpaired) electrons. The first-order chi connectivity index (χ1) is 16.8. The van der Waals surface area contributed by atoms with Gasteiger partial charge in [-0.15, -0.1) is 0 Å². The summed E-state index contributed by atoms with van der Waals surface area (Å²) in [6.45, 7) is 7.05. The summed E-state index contributed by atoms with van der Waals surface area (Å²) in [5.41, 5.74) is 7.52. The molecule has 2 aromatic carbocycles. The fraction of sp³-hybridized carbons (Fsp3) is 0.636. The second-order valence-corrected chi connectivity index (χ2v) is 10.6. The van der Waals surface area contributed by atoms with Gasteiger partial charge in [-0.1, -0.05) is 140 Å². The van der Waals surface area contributed by atoms with Gasteiger partial charge in [0.2, 0.25) is 0 Å². The number of hydrogen-bond donors (Lipinski definition) is 0. The Bertz CT molecular complexity index is 788. The summed E-state index contributed by atoms with van der Waals surface area (Å²) in [4.78, 5) is 2.75. The third kappa shape index (κ3) is 8.47. The molecule has 0 N–H and O–H groups in total. The first-order valence-electron chi connectivity index (χ1n) is 14.8. The highest BCUT2D eigenvalue weighted by atomic mass is 15.1. The summed E-state index contributed by atoms with van der Waals surface area (Å²) >= 11 is 0. The minimum Gasteiger partial charge on any atom is -0.371 e. The molecule has 188 valence electrons. The van der Waals surface area contributed by atoms with Gasteiger partial charge in [-0.2, -0.15) is 0 Å². The second-order valence-electron chi connectivity index (χ2n) is 10.6. The van der Waals surface area contributed by atoms with Crippen LogP contribution in [0.4, 0.5) is 5.69 Å². The average Bonchev–Trinajstić information content (AvgIpc) is 3.25. The van der Waals surface area contributed by atoms with E-state index >= 15 is 0 Å². The van der Waals surface area contributed by atoms with Crippen LogP contribution in [0.2, 0.25) is 0 Å². The van der Waals surface area contributed by atoms with Crippen molar-refractivity contribution in [2.24, 2.45) is 0 Å². The van der Waals surface area contributed by atoms with Gasteiger partial charge in [0.25, 0.3) is 0 Å². The Morgan fingerprint density at radius 1 is 0.529 bits per heavy atom. The Hall–Kier alpha value is -1.76. The lowest BCUT2D eigenvalue weighted by Gasteiger charge is -2.27. The van der Waals surface area contributed by atoms with Crippen molar-refractivity contribution < 1.29 is 0 Å². The van der Waals surface area contributed by atoms with Crippen LogP contribution in [0.1, 0.15) is 128 Å². The SMILES string of the molecule is CCCCCCCCCCN(CCCCCCCCCC)c1cccc2c1Cc1ccccc1-2. The van der Waals surface area contributed by atoms with E-state index in [1.54, 1.807) is 5.56 Å². The average molecular weight is 462 g/mol. The van der Waals surface area contributed by atoms with Crippen LogP contribution in [-0.2, 0) is 6.42 Å². The number of fused-ring (bicyclic) bond motifs is 3. The molecule has 1 aliphatic carbocycles. The fourth-order valence-electron chi connectivity index (χ4n) is 5.66. The van der Waals surface area contributed by atoms with Gasteiger partial charge in [0, 0.05) is 25.2 Å². The number of rotatable bonds is 19. The zero-order valence-corrected chi connectivity index (χ0v) is 22.4. The Morgan fingerprint density at radius 2 is 1.03 bits per heavy atom. The quantitative estimate of drug-likeness (QED) is 0.160. The Kier molecular flexibility index (Phi) is 12.6. The Morgan fingerprint density at radius 3 is 1.62 bits per heavy atom. The summed E-state index contributed by atoms with van der Waals surface area (Å²) in [5.74, 6) is 0. The number of anilines is 1. The van der Waals surface area contributed by atoms with Crippen molar-refractivity contribution in [2.75, 3.05) is 18.0 Å². The molecule has 1 nitrogen and oxygen atoms in total. The highest BCUT2D eigenvalue weighted by Gasteiger charge is 2.22. The summed E-state index contributed by atoms with van der Waals surface area (Å²) in [7, 11) is 0. The molecule has 0 aliphatic heterocycles. The predicted molar refractivity (Wildman–Crippen MR) is 152 cm³/mol. The molecule has 34 heavy (non-hydrogen) atoms. The van der Waals surface area contributed by atoms with Gasteiger partial charge < -0.3 is 4.90 Å². The molecule has 0 bridgehead atoms. The predicted octanol–water partition coefficient (Wildman–Crippen LogP) is 10.3. The van der Waals surface area contributed by atoms with E-state index in [-0.39, 0.29) is 0 Å². The van der Waals surface area contributed by atoms with E-state index in [4.69, 9.17) is 0 Å². The standard InChI is InChI=1S/C33H51N/c1-3-5-7-9-11-13-15-19-26-34(27-20-16-14-12-10-8-6-4-2)33-25-21-24-31-30-23-18-17-22-29(30)28-32(31)33/h17-18,21-25H,3-16,19-20,26-28H2,1-2H3. The fourth-order valence-corrected chi connectivity index (χ4v) is 5.66. The van der Waals surface area contributed by atoms with Crippen molar-refractivity contribution in [2.45, 2.75) is 123 Å². The zero-order valence-electron chi connectivity index (χ0n) is 22.4. The molecule has 0 amide bonds. The molecule has 0 saturated carbocycles. The molecule has 1 heteroatoms. The van der Waals surface area contributed by atoms with E-state index in [0.29, 0.717) is 0 Å². The van der Waals surface area contributed by atoms with Crippen LogP contribution >= 0.6 is 0 Å². The number of unbranched alkanes of at least 4 members (excludes halogenated alkanes) is 14. The summed E-state index contributed by atoms with van der Waals surface area (Å²) in [5, 5.41) is 0. The van der Waals surface area contributed by atoms with Crippen molar-refractivity contribution in [3.8, 4) is 11.1 Å². The van der Waals surface area contributed by atoms with E-state index in [9.17, 15) is 0 Å². The van der Waals surface area contributed by atoms with E-state index in [2.05, 4.69) is 61.2 Å². The van der Waals surface area contributed by atoms with E-state index in [1.165, 1.54) is 138 Å². The van der Waals surface area contributed by atoms with Crippen molar-refractivity contribution in [3.05, 3.63) is 53.6 Å². The van der Waals surface area contributed by atoms with E-state index in [1.807, 2.05) is 0 Å². The molecule has 2 aromatic rings. The second kappa shape index (κ2) is 16.0. The highest BCUT2D eigenvalue weighted by molar-refractivity contribution is 5.82. The lowest BCUT2D eigenvalue weighted by Crippen LogP contribution is -2.26. The van der Waals surface area contributed by atoms with Crippen LogP contribution in [0.5, 0.6) is 0 Å². The molecule has 0 atom stereocenters. The third-order valence-electron chi connectivity index (χ3n) is 7.73. The van der Waals surface area contributed by atoms with Crippen LogP contribution in [-0.4, -0.2) is 13.1 Å².